The lowest BCUT2D eigenvalue weighted by Crippen LogP contribution is -2.40. The second-order valence-electron chi connectivity index (χ2n) is 6.06. The molecule has 0 aliphatic carbocycles. The zero-order chi connectivity index (χ0) is 17.6. The summed E-state index contributed by atoms with van der Waals surface area (Å²) in [4.78, 5) is 13.2. The Kier molecular flexibility index (Phi) is 6.27. The summed E-state index contributed by atoms with van der Waals surface area (Å²) in [5.74, 6) is 6.34. The maximum absolute atomic E-state index is 12.5. The van der Waals surface area contributed by atoms with E-state index in [0.717, 1.165) is 38.1 Å². The average Bonchev–Trinajstić information content (AvgIpc) is 2.53. The highest BCUT2D eigenvalue weighted by Gasteiger charge is 2.29. The van der Waals surface area contributed by atoms with Crippen molar-refractivity contribution in [1.29, 1.82) is 0 Å². The summed E-state index contributed by atoms with van der Waals surface area (Å²) in [5, 5.41) is 2.84. The fraction of sp³-hybridized carbons (Fsp3) is 0.500. The predicted molar refractivity (Wildman–Crippen MR) is 86.2 cm³/mol. The molecule has 0 spiro atoms. The van der Waals surface area contributed by atoms with Crippen molar-refractivity contribution in [2.45, 2.75) is 25.9 Å². The Morgan fingerprint density at radius 2 is 2.04 bits per heavy atom. The van der Waals surface area contributed by atoms with Gasteiger partial charge in [0.1, 0.15) is 0 Å². The minimum Gasteiger partial charge on any atom is -0.356 e. The lowest BCUT2D eigenvalue weighted by Gasteiger charge is -2.31. The topological polar surface area (TPSA) is 32.3 Å². The third-order valence-electron chi connectivity index (χ3n) is 3.99. The molecular weight excluding hydrogens is 317 g/mol. The Bertz CT molecular complexity index is 614. The van der Waals surface area contributed by atoms with Crippen LogP contribution in [0.25, 0.3) is 0 Å². The first-order valence-electron chi connectivity index (χ1n) is 7.97. The predicted octanol–water partition coefficient (Wildman–Crippen LogP) is 2.91. The van der Waals surface area contributed by atoms with Crippen molar-refractivity contribution in [3.05, 3.63) is 35.4 Å². The number of benzene rings is 1. The van der Waals surface area contributed by atoms with Gasteiger partial charge in [0.2, 0.25) is 5.91 Å². The highest BCUT2D eigenvalue weighted by atomic mass is 19.4. The standard InChI is InChI=1S/C18H21F3N2O/c1-14(24)22-12-16-5-3-11-23(13-16)10-2-4-15-6-8-17(9-7-15)18(19,20)21/h6-9,16H,3,5,10-13H2,1H3,(H,22,24). The van der Waals surface area contributed by atoms with Gasteiger partial charge < -0.3 is 5.32 Å². The first kappa shape index (κ1) is 18.3. The van der Waals surface area contributed by atoms with E-state index in [2.05, 4.69) is 22.1 Å². The largest absolute Gasteiger partial charge is 0.416 e. The molecule has 1 amide bonds. The quantitative estimate of drug-likeness (QED) is 0.860. The summed E-state index contributed by atoms with van der Waals surface area (Å²) in [6.45, 7) is 4.60. The molecule has 0 radical (unpaired) electrons. The van der Waals surface area contributed by atoms with Crippen LogP contribution < -0.4 is 5.32 Å². The monoisotopic (exact) mass is 338 g/mol. The van der Waals surface area contributed by atoms with E-state index in [1.807, 2.05) is 0 Å². The van der Waals surface area contributed by atoms with Gasteiger partial charge in [-0.15, -0.1) is 0 Å². The Labute approximate surface area is 140 Å². The third-order valence-corrected chi connectivity index (χ3v) is 3.99. The van der Waals surface area contributed by atoms with Gasteiger partial charge in [-0.25, -0.2) is 0 Å². The first-order chi connectivity index (χ1) is 11.3. The Morgan fingerprint density at radius 1 is 1.33 bits per heavy atom. The van der Waals surface area contributed by atoms with Crippen molar-refractivity contribution in [3.8, 4) is 11.8 Å². The zero-order valence-electron chi connectivity index (χ0n) is 13.6. The van der Waals surface area contributed by atoms with Crippen molar-refractivity contribution >= 4 is 5.91 Å². The second-order valence-corrected chi connectivity index (χ2v) is 6.06. The van der Waals surface area contributed by atoms with Crippen molar-refractivity contribution in [2.75, 3.05) is 26.2 Å². The van der Waals surface area contributed by atoms with Crippen LogP contribution in [0.2, 0.25) is 0 Å². The minimum absolute atomic E-state index is 0.0192. The Balaban J connectivity index is 1.85. The van der Waals surface area contributed by atoms with Gasteiger partial charge in [-0.2, -0.15) is 13.2 Å². The smallest absolute Gasteiger partial charge is 0.356 e. The molecule has 24 heavy (non-hydrogen) atoms. The summed E-state index contributed by atoms with van der Waals surface area (Å²) < 4.78 is 37.5. The number of nitrogens with one attached hydrogen (secondary N) is 1. The van der Waals surface area contributed by atoms with E-state index in [0.29, 0.717) is 24.6 Å². The van der Waals surface area contributed by atoms with Crippen molar-refractivity contribution in [2.24, 2.45) is 5.92 Å². The number of rotatable bonds is 3. The molecule has 1 unspecified atom stereocenters. The maximum atomic E-state index is 12.5. The van der Waals surface area contributed by atoms with Crippen LogP contribution in [-0.2, 0) is 11.0 Å². The van der Waals surface area contributed by atoms with Gasteiger partial charge in [0.05, 0.1) is 12.1 Å². The van der Waals surface area contributed by atoms with Gasteiger partial charge in [-0.3, -0.25) is 9.69 Å². The minimum atomic E-state index is -4.32. The molecule has 1 N–H and O–H groups in total. The molecule has 1 aromatic carbocycles. The number of piperidine rings is 1. The molecule has 1 saturated heterocycles. The molecule has 1 aliphatic rings. The molecule has 1 aliphatic heterocycles. The molecule has 6 heteroatoms. The number of carbonyl (C=O) groups excluding carboxylic acids is 1. The molecule has 0 saturated carbocycles. The summed E-state index contributed by atoms with van der Waals surface area (Å²) in [6.07, 6.45) is -2.17. The third kappa shape index (κ3) is 5.89. The molecule has 1 heterocycles. The van der Waals surface area contributed by atoms with Crippen LogP contribution in [0, 0.1) is 17.8 Å². The van der Waals surface area contributed by atoms with E-state index in [9.17, 15) is 18.0 Å². The van der Waals surface area contributed by atoms with Crippen LogP contribution in [-0.4, -0.2) is 37.0 Å². The lowest BCUT2D eigenvalue weighted by molar-refractivity contribution is -0.137. The summed E-state index contributed by atoms with van der Waals surface area (Å²) in [5.41, 5.74) is -0.0836. The van der Waals surface area contributed by atoms with E-state index < -0.39 is 11.7 Å². The number of alkyl halides is 3. The summed E-state index contributed by atoms with van der Waals surface area (Å²) in [6, 6.07) is 4.89. The lowest BCUT2D eigenvalue weighted by atomic mass is 9.98. The molecule has 2 rings (SSSR count). The van der Waals surface area contributed by atoms with Gasteiger partial charge in [0.15, 0.2) is 0 Å². The van der Waals surface area contributed by atoms with Crippen LogP contribution in [0.5, 0.6) is 0 Å². The molecule has 3 nitrogen and oxygen atoms in total. The Hall–Kier alpha value is -2.00. The zero-order valence-corrected chi connectivity index (χ0v) is 13.6. The number of hydrogen-bond donors (Lipinski definition) is 1. The van der Waals surface area contributed by atoms with E-state index in [-0.39, 0.29) is 5.91 Å². The second kappa shape index (κ2) is 8.20. The SMILES string of the molecule is CC(=O)NCC1CCCN(CC#Cc2ccc(C(F)(F)F)cc2)C1. The van der Waals surface area contributed by atoms with Crippen molar-refractivity contribution in [3.63, 3.8) is 0 Å². The van der Waals surface area contributed by atoms with Gasteiger partial charge in [-0.05, 0) is 49.6 Å². The highest BCUT2D eigenvalue weighted by molar-refractivity contribution is 5.72. The molecule has 1 aromatic rings. The number of likely N-dealkylation sites (tertiary alicyclic amines) is 1. The molecular formula is C18H21F3N2O. The number of hydrogen-bond acceptors (Lipinski definition) is 2. The fourth-order valence-electron chi connectivity index (χ4n) is 2.75. The molecule has 130 valence electrons. The van der Waals surface area contributed by atoms with Crippen LogP contribution in [0.4, 0.5) is 13.2 Å². The van der Waals surface area contributed by atoms with Crippen LogP contribution in [0.3, 0.4) is 0 Å². The number of amides is 1. The first-order valence-corrected chi connectivity index (χ1v) is 7.97. The van der Waals surface area contributed by atoms with E-state index in [4.69, 9.17) is 0 Å². The fourth-order valence-corrected chi connectivity index (χ4v) is 2.75. The molecule has 1 atom stereocenters. The summed E-state index contributed by atoms with van der Waals surface area (Å²) in [7, 11) is 0. The van der Waals surface area contributed by atoms with E-state index in [1.54, 1.807) is 0 Å². The van der Waals surface area contributed by atoms with E-state index >= 15 is 0 Å². The molecule has 0 bridgehead atoms. The highest BCUT2D eigenvalue weighted by Crippen LogP contribution is 2.28. The average molecular weight is 338 g/mol. The molecule has 1 fully saturated rings. The Morgan fingerprint density at radius 3 is 2.67 bits per heavy atom. The van der Waals surface area contributed by atoms with E-state index in [1.165, 1.54) is 19.1 Å². The van der Waals surface area contributed by atoms with Gasteiger partial charge >= 0.3 is 6.18 Å². The van der Waals surface area contributed by atoms with Crippen LogP contribution >= 0.6 is 0 Å². The van der Waals surface area contributed by atoms with Gasteiger partial charge in [0, 0.05) is 25.6 Å². The van der Waals surface area contributed by atoms with Crippen molar-refractivity contribution < 1.29 is 18.0 Å². The van der Waals surface area contributed by atoms with Gasteiger partial charge in [0.25, 0.3) is 0 Å². The maximum Gasteiger partial charge on any atom is 0.416 e. The number of carbonyl (C=O) groups is 1. The van der Waals surface area contributed by atoms with Crippen molar-refractivity contribution in [1.82, 2.24) is 10.2 Å². The normalized spacial score (nSPS) is 18.6. The van der Waals surface area contributed by atoms with Gasteiger partial charge in [-0.1, -0.05) is 11.8 Å². The number of halogens is 3. The summed E-state index contributed by atoms with van der Waals surface area (Å²) >= 11 is 0. The van der Waals surface area contributed by atoms with Crippen LogP contribution in [0.1, 0.15) is 30.9 Å². The molecule has 0 aromatic heterocycles. The van der Waals surface area contributed by atoms with Crippen LogP contribution in [0.15, 0.2) is 24.3 Å². The number of nitrogens with zero attached hydrogens (tertiary/aromatic N) is 1.